The number of hydrogen-bond acceptors (Lipinski definition) is 2. The number of halogens is 3. The summed E-state index contributed by atoms with van der Waals surface area (Å²) in [5.41, 5.74) is 0. The molecule has 17 heavy (non-hydrogen) atoms. The molecular weight excluding hydrogens is 284 g/mol. The number of carbonyl (C=O) groups is 1. The summed E-state index contributed by atoms with van der Waals surface area (Å²) in [6, 6.07) is 0. The summed E-state index contributed by atoms with van der Waals surface area (Å²) in [4.78, 5) is 13.4. The zero-order valence-electron chi connectivity index (χ0n) is 9.24. The topological polar surface area (TPSA) is 29.5 Å². The van der Waals surface area contributed by atoms with Gasteiger partial charge in [-0.3, -0.25) is 0 Å². The van der Waals surface area contributed by atoms with Crippen molar-refractivity contribution in [2.75, 3.05) is 19.7 Å². The molecule has 0 aromatic heterocycles. The largest absolute Gasteiger partial charge is 0.445 e. The molecule has 2 rings (SSSR count). The molecule has 1 fully saturated rings. The van der Waals surface area contributed by atoms with Gasteiger partial charge in [0.15, 0.2) is 0 Å². The highest BCUT2D eigenvalue weighted by Gasteiger charge is 2.36. The second-order valence-electron chi connectivity index (χ2n) is 4.54. The van der Waals surface area contributed by atoms with Gasteiger partial charge in [-0.05, 0) is 24.7 Å². The summed E-state index contributed by atoms with van der Waals surface area (Å²) < 4.78 is 3.43. The zero-order chi connectivity index (χ0) is 12.5. The fourth-order valence-corrected chi connectivity index (χ4v) is 2.56. The number of allylic oxidation sites excluding steroid dienone is 2. The number of nitrogens with zero attached hydrogens (tertiary/aromatic N) is 1. The highest BCUT2D eigenvalue weighted by Crippen LogP contribution is 2.33. The molecule has 1 aliphatic carbocycles. The normalized spacial score (nSPS) is 28.1. The van der Waals surface area contributed by atoms with Gasteiger partial charge in [0.25, 0.3) is 0 Å². The van der Waals surface area contributed by atoms with E-state index in [9.17, 15) is 4.79 Å². The van der Waals surface area contributed by atoms with Crippen molar-refractivity contribution in [2.45, 2.75) is 16.6 Å². The van der Waals surface area contributed by atoms with Gasteiger partial charge in [0, 0.05) is 13.1 Å². The van der Waals surface area contributed by atoms with Crippen molar-refractivity contribution in [1.29, 1.82) is 0 Å². The maximum absolute atomic E-state index is 11.7. The Labute approximate surface area is 116 Å². The van der Waals surface area contributed by atoms with Gasteiger partial charge in [0.2, 0.25) is 3.79 Å². The van der Waals surface area contributed by atoms with Crippen molar-refractivity contribution in [2.24, 2.45) is 11.8 Å². The van der Waals surface area contributed by atoms with E-state index in [0.29, 0.717) is 11.8 Å². The lowest BCUT2D eigenvalue weighted by Gasteiger charge is -2.18. The first-order valence-electron chi connectivity index (χ1n) is 5.59. The molecule has 2 aliphatic rings. The molecule has 1 amide bonds. The molecule has 96 valence electrons. The van der Waals surface area contributed by atoms with Gasteiger partial charge in [-0.15, -0.1) is 0 Å². The number of likely N-dealkylation sites (tertiary alicyclic amines) is 1. The average Bonchev–Trinajstić information content (AvgIpc) is 2.68. The van der Waals surface area contributed by atoms with Crippen LogP contribution in [0.25, 0.3) is 0 Å². The predicted octanol–water partition coefficient (Wildman–Crippen LogP) is 3.39. The number of fused-ring (bicyclic) bond motifs is 1. The second-order valence-corrected chi connectivity index (χ2v) is 7.05. The lowest BCUT2D eigenvalue weighted by atomic mass is 9.86. The van der Waals surface area contributed by atoms with Crippen LogP contribution in [0.5, 0.6) is 0 Å². The third kappa shape index (κ3) is 3.67. The molecule has 0 unspecified atom stereocenters. The molecule has 3 nitrogen and oxygen atoms in total. The van der Waals surface area contributed by atoms with Crippen LogP contribution in [0.2, 0.25) is 0 Å². The smallest absolute Gasteiger partial charge is 0.409 e. The second kappa shape index (κ2) is 5.25. The first-order chi connectivity index (χ1) is 7.96. The van der Waals surface area contributed by atoms with E-state index in [1.807, 2.05) is 0 Å². The van der Waals surface area contributed by atoms with E-state index in [4.69, 9.17) is 39.5 Å². The van der Waals surface area contributed by atoms with Gasteiger partial charge in [0.1, 0.15) is 6.61 Å². The SMILES string of the molecule is O=C(OCC(Cl)(Cl)Cl)N1C[C@H]2CC=CC[C@H]2C1. The Bertz CT molecular complexity index is 311. The van der Waals surface area contributed by atoms with Crippen molar-refractivity contribution in [3.05, 3.63) is 12.2 Å². The minimum atomic E-state index is -1.54. The molecule has 1 aliphatic heterocycles. The molecule has 0 saturated carbocycles. The van der Waals surface area contributed by atoms with E-state index in [-0.39, 0.29) is 12.7 Å². The van der Waals surface area contributed by atoms with Crippen LogP contribution in [0.3, 0.4) is 0 Å². The van der Waals surface area contributed by atoms with Crippen molar-refractivity contribution in [1.82, 2.24) is 4.90 Å². The molecule has 0 spiro atoms. The standard InChI is InChI=1S/C11H14Cl3NO2/c12-11(13,14)7-17-10(16)15-5-8-3-1-2-4-9(8)6-15/h1-2,8-9H,3-7H2/t8-,9+. The Kier molecular flexibility index (Phi) is 4.11. The molecule has 0 aromatic rings. The lowest BCUT2D eigenvalue weighted by Crippen LogP contribution is -2.32. The first-order valence-corrected chi connectivity index (χ1v) is 6.72. The molecule has 0 radical (unpaired) electrons. The highest BCUT2D eigenvalue weighted by atomic mass is 35.6. The molecule has 0 bridgehead atoms. The Hall–Kier alpha value is -0.120. The van der Waals surface area contributed by atoms with E-state index >= 15 is 0 Å². The van der Waals surface area contributed by atoms with Crippen LogP contribution in [0.15, 0.2) is 12.2 Å². The average molecular weight is 299 g/mol. The van der Waals surface area contributed by atoms with E-state index in [1.165, 1.54) is 0 Å². The number of ether oxygens (including phenoxy) is 1. The summed E-state index contributed by atoms with van der Waals surface area (Å²) in [6.07, 6.45) is 6.05. The maximum atomic E-state index is 11.7. The van der Waals surface area contributed by atoms with E-state index in [2.05, 4.69) is 12.2 Å². The van der Waals surface area contributed by atoms with Gasteiger partial charge in [-0.2, -0.15) is 0 Å². The quantitative estimate of drug-likeness (QED) is 0.548. The molecular formula is C11H14Cl3NO2. The van der Waals surface area contributed by atoms with Crippen LogP contribution >= 0.6 is 34.8 Å². The van der Waals surface area contributed by atoms with Crippen LogP contribution in [-0.4, -0.2) is 34.5 Å². The lowest BCUT2D eigenvalue weighted by molar-refractivity contribution is 0.110. The first kappa shape index (κ1) is 13.3. The summed E-state index contributed by atoms with van der Waals surface area (Å²) >= 11 is 16.6. The van der Waals surface area contributed by atoms with E-state index in [0.717, 1.165) is 25.9 Å². The van der Waals surface area contributed by atoms with Crippen LogP contribution in [0, 0.1) is 11.8 Å². The van der Waals surface area contributed by atoms with Crippen molar-refractivity contribution in [3.63, 3.8) is 0 Å². The van der Waals surface area contributed by atoms with Gasteiger partial charge in [0.05, 0.1) is 0 Å². The summed E-state index contributed by atoms with van der Waals surface area (Å²) in [6.45, 7) is 1.28. The minimum absolute atomic E-state index is 0.208. The van der Waals surface area contributed by atoms with Crippen molar-refractivity contribution < 1.29 is 9.53 Å². The molecule has 0 N–H and O–H groups in total. The summed E-state index contributed by atoms with van der Waals surface area (Å²) in [5, 5.41) is 0. The van der Waals surface area contributed by atoms with Crippen LogP contribution in [0.4, 0.5) is 4.79 Å². The number of alkyl halides is 3. The highest BCUT2D eigenvalue weighted by molar-refractivity contribution is 6.67. The maximum Gasteiger partial charge on any atom is 0.409 e. The van der Waals surface area contributed by atoms with Crippen molar-refractivity contribution >= 4 is 40.9 Å². The van der Waals surface area contributed by atoms with Gasteiger partial charge < -0.3 is 9.64 Å². The van der Waals surface area contributed by atoms with E-state index in [1.54, 1.807) is 4.90 Å². The molecule has 0 aromatic carbocycles. The number of amides is 1. The van der Waals surface area contributed by atoms with Gasteiger partial charge >= 0.3 is 6.09 Å². The monoisotopic (exact) mass is 297 g/mol. The van der Waals surface area contributed by atoms with E-state index < -0.39 is 3.79 Å². The summed E-state index contributed by atoms with van der Waals surface area (Å²) in [5.74, 6) is 1.11. The van der Waals surface area contributed by atoms with Crippen LogP contribution in [-0.2, 0) is 4.74 Å². The van der Waals surface area contributed by atoms with Gasteiger partial charge in [-0.1, -0.05) is 47.0 Å². The fraction of sp³-hybridized carbons (Fsp3) is 0.727. The van der Waals surface area contributed by atoms with Crippen LogP contribution < -0.4 is 0 Å². The van der Waals surface area contributed by atoms with Crippen LogP contribution in [0.1, 0.15) is 12.8 Å². The summed E-state index contributed by atoms with van der Waals surface area (Å²) in [7, 11) is 0. The third-order valence-electron chi connectivity index (χ3n) is 3.24. The Balaban J connectivity index is 1.82. The number of carbonyl (C=O) groups excluding carboxylic acids is 1. The predicted molar refractivity (Wildman–Crippen MR) is 68.6 cm³/mol. The van der Waals surface area contributed by atoms with Gasteiger partial charge in [-0.25, -0.2) is 4.79 Å². The Morgan fingerprint density at radius 3 is 2.24 bits per heavy atom. The Morgan fingerprint density at radius 2 is 1.76 bits per heavy atom. The number of hydrogen-bond donors (Lipinski definition) is 0. The molecule has 2 atom stereocenters. The molecule has 6 heteroatoms. The molecule has 1 heterocycles. The fourth-order valence-electron chi connectivity index (χ4n) is 2.40. The Morgan fingerprint density at radius 1 is 1.24 bits per heavy atom. The third-order valence-corrected chi connectivity index (χ3v) is 3.57. The molecule has 1 saturated heterocycles. The minimum Gasteiger partial charge on any atom is -0.445 e. The number of rotatable bonds is 1. The van der Waals surface area contributed by atoms with Crippen molar-refractivity contribution in [3.8, 4) is 0 Å². The zero-order valence-corrected chi connectivity index (χ0v) is 11.5.